The van der Waals surface area contributed by atoms with Gasteiger partial charge in [0.15, 0.2) is 0 Å². The maximum absolute atomic E-state index is 14.5. The Morgan fingerprint density at radius 2 is 1.50 bits per heavy atom. The molecular formula is C38H53N3O6S. The minimum absolute atomic E-state index is 0.185. The summed E-state index contributed by atoms with van der Waals surface area (Å²) in [5, 5.41) is 5.69. The Hall–Kier alpha value is -3.97. The SMILES string of the molecule is C#Cc1ccc(C(C(=O)NC(Cc2ccccc2)C(=O)OC(C)(C)C)N(CCCCC)C(=O)C(CCSC)NC(=O)OC(C)(C)C)cc1. The Morgan fingerprint density at radius 1 is 0.875 bits per heavy atom. The molecule has 3 unspecified atom stereocenters. The molecular weight excluding hydrogens is 627 g/mol. The average molecular weight is 680 g/mol. The van der Waals surface area contributed by atoms with Crippen molar-refractivity contribution >= 4 is 35.6 Å². The van der Waals surface area contributed by atoms with E-state index >= 15 is 0 Å². The fourth-order valence-electron chi connectivity index (χ4n) is 4.94. The first-order valence-corrected chi connectivity index (χ1v) is 17.9. The highest BCUT2D eigenvalue weighted by atomic mass is 32.2. The minimum Gasteiger partial charge on any atom is -0.458 e. The number of benzene rings is 2. The van der Waals surface area contributed by atoms with Gasteiger partial charge < -0.3 is 25.0 Å². The van der Waals surface area contributed by atoms with E-state index < -0.39 is 53.2 Å². The monoisotopic (exact) mass is 679 g/mol. The van der Waals surface area contributed by atoms with Gasteiger partial charge in [0.2, 0.25) is 11.8 Å². The van der Waals surface area contributed by atoms with E-state index in [1.807, 2.05) is 36.6 Å². The van der Waals surface area contributed by atoms with Gasteiger partial charge in [-0.1, -0.05) is 68.2 Å². The highest BCUT2D eigenvalue weighted by Gasteiger charge is 2.38. The molecule has 9 nitrogen and oxygen atoms in total. The molecule has 2 N–H and O–H groups in total. The first-order valence-electron chi connectivity index (χ1n) is 16.5. The zero-order chi connectivity index (χ0) is 35.9. The number of esters is 1. The van der Waals surface area contributed by atoms with Crippen molar-refractivity contribution in [2.24, 2.45) is 0 Å². The molecule has 48 heavy (non-hydrogen) atoms. The maximum Gasteiger partial charge on any atom is 0.408 e. The molecule has 0 spiro atoms. The molecule has 3 atom stereocenters. The Morgan fingerprint density at radius 3 is 2.04 bits per heavy atom. The average Bonchev–Trinajstić information content (AvgIpc) is 3.01. The molecule has 0 bridgehead atoms. The van der Waals surface area contributed by atoms with Gasteiger partial charge in [0, 0.05) is 18.5 Å². The van der Waals surface area contributed by atoms with E-state index in [0.29, 0.717) is 29.7 Å². The second-order valence-electron chi connectivity index (χ2n) is 13.7. The molecule has 0 saturated carbocycles. The number of carbonyl (C=O) groups excluding carboxylic acids is 4. The summed E-state index contributed by atoms with van der Waals surface area (Å²) in [6, 6.07) is 13.1. The Bertz CT molecular complexity index is 1380. The lowest BCUT2D eigenvalue weighted by Gasteiger charge is -2.35. The van der Waals surface area contributed by atoms with Gasteiger partial charge in [-0.25, -0.2) is 9.59 Å². The number of thioether (sulfide) groups is 1. The van der Waals surface area contributed by atoms with Crippen LogP contribution in [0.15, 0.2) is 54.6 Å². The predicted molar refractivity (Wildman–Crippen MR) is 192 cm³/mol. The van der Waals surface area contributed by atoms with Crippen molar-refractivity contribution in [2.45, 2.75) is 110 Å². The van der Waals surface area contributed by atoms with Gasteiger partial charge in [-0.2, -0.15) is 11.8 Å². The molecule has 0 aliphatic carbocycles. The van der Waals surface area contributed by atoms with Crippen LogP contribution in [0.5, 0.6) is 0 Å². The second-order valence-corrected chi connectivity index (χ2v) is 14.7. The van der Waals surface area contributed by atoms with Crippen LogP contribution in [0.1, 0.15) is 96.9 Å². The summed E-state index contributed by atoms with van der Waals surface area (Å²) in [6.45, 7) is 12.8. The summed E-state index contributed by atoms with van der Waals surface area (Å²) in [5.41, 5.74) is 0.399. The van der Waals surface area contributed by atoms with Gasteiger partial charge in [-0.15, -0.1) is 6.42 Å². The van der Waals surface area contributed by atoms with Crippen LogP contribution >= 0.6 is 11.8 Å². The van der Waals surface area contributed by atoms with Crippen molar-refractivity contribution in [3.8, 4) is 12.3 Å². The summed E-state index contributed by atoms with van der Waals surface area (Å²) >= 11 is 1.54. The van der Waals surface area contributed by atoms with Crippen LogP contribution < -0.4 is 10.6 Å². The number of rotatable bonds is 16. The Kier molecular flexibility index (Phi) is 16.0. The molecule has 0 aromatic heterocycles. The third-order valence-corrected chi connectivity index (χ3v) is 7.77. The second kappa shape index (κ2) is 19.1. The number of ether oxygens (including phenoxy) is 2. The molecule has 2 aromatic carbocycles. The van der Waals surface area contributed by atoms with Crippen LogP contribution in [-0.2, 0) is 30.3 Å². The lowest BCUT2D eigenvalue weighted by molar-refractivity contribution is -0.159. The minimum atomic E-state index is -1.14. The van der Waals surface area contributed by atoms with Crippen LogP contribution in [0.3, 0.4) is 0 Å². The number of hydrogen-bond donors (Lipinski definition) is 2. The fourth-order valence-corrected chi connectivity index (χ4v) is 5.41. The number of amides is 3. The number of terminal acetylenes is 1. The van der Waals surface area contributed by atoms with Crippen molar-refractivity contribution in [3.05, 3.63) is 71.3 Å². The van der Waals surface area contributed by atoms with Gasteiger partial charge in [0.25, 0.3) is 0 Å². The molecule has 0 fully saturated rings. The van der Waals surface area contributed by atoms with E-state index in [9.17, 15) is 19.2 Å². The molecule has 10 heteroatoms. The summed E-state index contributed by atoms with van der Waals surface area (Å²) in [5.74, 6) is 1.60. The van der Waals surface area contributed by atoms with Gasteiger partial charge in [0.1, 0.15) is 29.3 Å². The zero-order valence-electron chi connectivity index (χ0n) is 29.8. The third-order valence-electron chi connectivity index (χ3n) is 7.13. The quantitative estimate of drug-likeness (QED) is 0.119. The molecule has 0 heterocycles. The normalized spacial score (nSPS) is 13.3. The standard InChI is InChI=1S/C38H53N3O6S/c1-10-12-16-24-41(34(43)30(23-25-48-9)40-36(45)47-38(6,7)8)32(29-21-19-27(11-2)20-22-29)33(42)39-31(35(44)46-37(3,4)5)26-28-17-14-13-15-18-28/h2,13-15,17-22,30-32H,10,12,16,23-26H2,1,3-9H3,(H,39,42)(H,40,45). The zero-order valence-corrected chi connectivity index (χ0v) is 30.6. The highest BCUT2D eigenvalue weighted by Crippen LogP contribution is 2.26. The summed E-state index contributed by atoms with van der Waals surface area (Å²) in [4.78, 5) is 57.0. The number of nitrogens with zero attached hydrogens (tertiary/aromatic N) is 1. The van der Waals surface area contributed by atoms with E-state index in [2.05, 4.69) is 23.5 Å². The molecule has 0 aliphatic heterocycles. The van der Waals surface area contributed by atoms with Gasteiger partial charge in [-0.3, -0.25) is 9.59 Å². The number of hydrogen-bond acceptors (Lipinski definition) is 7. The van der Waals surface area contributed by atoms with Crippen molar-refractivity contribution in [3.63, 3.8) is 0 Å². The van der Waals surface area contributed by atoms with Crippen molar-refractivity contribution in [1.29, 1.82) is 0 Å². The van der Waals surface area contributed by atoms with Crippen LogP contribution in [-0.4, -0.2) is 70.6 Å². The van der Waals surface area contributed by atoms with Crippen molar-refractivity contribution < 1.29 is 28.7 Å². The first-order chi connectivity index (χ1) is 22.6. The maximum atomic E-state index is 14.5. The van der Waals surface area contributed by atoms with Crippen molar-refractivity contribution in [2.75, 3.05) is 18.6 Å². The van der Waals surface area contributed by atoms with Gasteiger partial charge in [0.05, 0.1) is 0 Å². The smallest absolute Gasteiger partial charge is 0.408 e. The first kappa shape index (κ1) is 40.2. The molecule has 0 saturated heterocycles. The topological polar surface area (TPSA) is 114 Å². The molecule has 0 radical (unpaired) electrons. The largest absolute Gasteiger partial charge is 0.458 e. The summed E-state index contributed by atoms with van der Waals surface area (Å²) in [6.07, 6.45) is 9.66. The lowest BCUT2D eigenvalue weighted by atomic mass is 9.99. The van der Waals surface area contributed by atoms with Gasteiger partial charge >= 0.3 is 12.1 Å². The summed E-state index contributed by atoms with van der Waals surface area (Å²) in [7, 11) is 0. The van der Waals surface area contributed by atoms with Crippen LogP contribution in [0.2, 0.25) is 0 Å². The van der Waals surface area contributed by atoms with Crippen LogP contribution in [0.4, 0.5) is 4.79 Å². The van der Waals surface area contributed by atoms with E-state index in [1.165, 1.54) is 4.90 Å². The Balaban J connectivity index is 2.63. The summed E-state index contributed by atoms with van der Waals surface area (Å²) < 4.78 is 11.2. The highest BCUT2D eigenvalue weighted by molar-refractivity contribution is 7.98. The molecule has 0 aliphatic rings. The van der Waals surface area contributed by atoms with Crippen molar-refractivity contribution in [1.82, 2.24) is 15.5 Å². The molecule has 2 rings (SSSR count). The van der Waals surface area contributed by atoms with Crippen LogP contribution in [0.25, 0.3) is 0 Å². The fraction of sp³-hybridized carbons (Fsp3) is 0.526. The lowest BCUT2D eigenvalue weighted by Crippen LogP contribution is -2.55. The van der Waals surface area contributed by atoms with Crippen LogP contribution in [0, 0.1) is 12.3 Å². The molecule has 3 amide bonds. The van der Waals surface area contributed by atoms with Gasteiger partial charge in [-0.05, 0) is 89.7 Å². The molecule has 2 aromatic rings. The number of alkyl carbamates (subject to hydrolysis) is 1. The van der Waals surface area contributed by atoms with E-state index in [0.717, 1.165) is 18.4 Å². The third kappa shape index (κ3) is 14.0. The van der Waals surface area contributed by atoms with E-state index in [4.69, 9.17) is 15.9 Å². The van der Waals surface area contributed by atoms with E-state index in [1.54, 1.807) is 77.6 Å². The number of carbonyl (C=O) groups is 4. The molecule has 262 valence electrons. The van der Waals surface area contributed by atoms with E-state index in [-0.39, 0.29) is 13.0 Å². The number of nitrogens with one attached hydrogen (secondary N) is 2. The number of unbranched alkanes of at least 4 members (excludes halogenated alkanes) is 2. The predicted octanol–water partition coefficient (Wildman–Crippen LogP) is 6.44. The Labute approximate surface area is 291 Å².